The van der Waals surface area contributed by atoms with Crippen molar-refractivity contribution in [1.29, 1.82) is 0 Å². The lowest BCUT2D eigenvalue weighted by Gasteiger charge is -2.20. The first-order valence-electron chi connectivity index (χ1n) is 6.41. The molecule has 3 nitrogen and oxygen atoms in total. The average molecular weight is 223 g/mol. The molecule has 0 aliphatic rings. The zero-order valence-corrected chi connectivity index (χ0v) is 11.0. The van der Waals surface area contributed by atoms with Crippen molar-refractivity contribution in [3.8, 4) is 0 Å². The molecule has 2 atom stereocenters. The van der Waals surface area contributed by atoms with E-state index < -0.39 is 0 Å². The third-order valence-electron chi connectivity index (χ3n) is 3.37. The minimum absolute atomic E-state index is 0.565. The summed E-state index contributed by atoms with van der Waals surface area (Å²) in [5.74, 6) is 0.725. The highest BCUT2D eigenvalue weighted by Crippen LogP contribution is 2.08. The van der Waals surface area contributed by atoms with Gasteiger partial charge < -0.3 is 9.88 Å². The molecule has 0 bridgehead atoms. The Labute approximate surface area is 99.3 Å². The Morgan fingerprint density at radius 2 is 2.12 bits per heavy atom. The van der Waals surface area contributed by atoms with Gasteiger partial charge in [0, 0.05) is 25.3 Å². The van der Waals surface area contributed by atoms with Gasteiger partial charge >= 0.3 is 0 Å². The first-order chi connectivity index (χ1) is 7.69. The molecule has 0 radical (unpaired) electrons. The van der Waals surface area contributed by atoms with Crippen LogP contribution < -0.4 is 5.32 Å². The fourth-order valence-electron chi connectivity index (χ4n) is 1.76. The van der Waals surface area contributed by atoms with Crippen LogP contribution in [0.15, 0.2) is 12.5 Å². The van der Waals surface area contributed by atoms with E-state index in [1.165, 1.54) is 12.1 Å². The van der Waals surface area contributed by atoms with Crippen molar-refractivity contribution in [2.24, 2.45) is 5.92 Å². The minimum atomic E-state index is 0.565. The molecule has 0 amide bonds. The summed E-state index contributed by atoms with van der Waals surface area (Å²) < 4.78 is 2.23. The summed E-state index contributed by atoms with van der Waals surface area (Å²) in [4.78, 5) is 4.21. The molecule has 0 aliphatic carbocycles. The molecule has 0 aliphatic heterocycles. The smallest absolute Gasteiger partial charge is 0.0948 e. The summed E-state index contributed by atoms with van der Waals surface area (Å²) in [6.07, 6.45) is 6.27. The lowest BCUT2D eigenvalue weighted by molar-refractivity contribution is 0.385. The number of imidazole rings is 1. The highest BCUT2D eigenvalue weighted by Gasteiger charge is 2.10. The summed E-state index contributed by atoms with van der Waals surface area (Å²) in [7, 11) is 0. The van der Waals surface area contributed by atoms with Gasteiger partial charge in [0.05, 0.1) is 12.0 Å². The quantitative estimate of drug-likeness (QED) is 0.770. The lowest BCUT2D eigenvalue weighted by atomic mass is 10.0. The number of nitrogens with zero attached hydrogens (tertiary/aromatic N) is 2. The molecule has 1 rings (SSSR count). The van der Waals surface area contributed by atoms with Crippen molar-refractivity contribution < 1.29 is 0 Å². The van der Waals surface area contributed by atoms with Gasteiger partial charge in [0.25, 0.3) is 0 Å². The van der Waals surface area contributed by atoms with Gasteiger partial charge in [-0.05, 0) is 19.3 Å². The van der Waals surface area contributed by atoms with Crippen LogP contribution in [0.4, 0.5) is 0 Å². The predicted molar refractivity (Wildman–Crippen MR) is 68.3 cm³/mol. The van der Waals surface area contributed by atoms with Crippen molar-refractivity contribution >= 4 is 0 Å². The van der Waals surface area contributed by atoms with E-state index >= 15 is 0 Å². The third kappa shape index (κ3) is 3.63. The van der Waals surface area contributed by atoms with Gasteiger partial charge in [-0.25, -0.2) is 4.98 Å². The second-order valence-electron chi connectivity index (χ2n) is 4.63. The van der Waals surface area contributed by atoms with E-state index in [0.29, 0.717) is 6.04 Å². The lowest BCUT2D eigenvalue weighted by Crippen LogP contribution is -2.32. The number of nitrogens with one attached hydrogen (secondary N) is 1. The van der Waals surface area contributed by atoms with Gasteiger partial charge in [0.2, 0.25) is 0 Å². The molecule has 0 fully saturated rings. The molecule has 16 heavy (non-hydrogen) atoms. The maximum Gasteiger partial charge on any atom is 0.0948 e. The third-order valence-corrected chi connectivity index (χ3v) is 3.37. The van der Waals surface area contributed by atoms with Crippen LogP contribution in [0.2, 0.25) is 0 Å². The number of hydrogen-bond donors (Lipinski definition) is 1. The van der Waals surface area contributed by atoms with E-state index in [1.54, 1.807) is 0 Å². The molecule has 0 aromatic carbocycles. The number of aromatic nitrogens is 2. The highest BCUT2D eigenvalue weighted by molar-refractivity contribution is 4.98. The van der Waals surface area contributed by atoms with Gasteiger partial charge in [0.1, 0.15) is 0 Å². The molecule has 0 spiro atoms. The molecule has 0 saturated heterocycles. The van der Waals surface area contributed by atoms with Crippen LogP contribution in [0.25, 0.3) is 0 Å². The largest absolute Gasteiger partial charge is 0.333 e. The van der Waals surface area contributed by atoms with E-state index in [9.17, 15) is 0 Å². The van der Waals surface area contributed by atoms with Crippen LogP contribution >= 0.6 is 0 Å². The maximum atomic E-state index is 4.21. The standard InChI is InChI=1S/C13H25N3/c1-5-7-16-10-14-8-13(16)9-15-12(4)11(3)6-2/h8,10-12,15H,5-7,9H2,1-4H3. The van der Waals surface area contributed by atoms with Gasteiger partial charge in [-0.2, -0.15) is 0 Å². The van der Waals surface area contributed by atoms with Crippen LogP contribution in [-0.4, -0.2) is 15.6 Å². The molecule has 3 heteroatoms. The van der Waals surface area contributed by atoms with E-state index in [1.807, 2.05) is 12.5 Å². The first-order valence-corrected chi connectivity index (χ1v) is 6.41. The van der Waals surface area contributed by atoms with Gasteiger partial charge in [0.15, 0.2) is 0 Å². The second-order valence-corrected chi connectivity index (χ2v) is 4.63. The van der Waals surface area contributed by atoms with Crippen LogP contribution in [0.1, 0.15) is 46.2 Å². The number of aryl methyl sites for hydroxylation is 1. The maximum absolute atomic E-state index is 4.21. The fraction of sp³-hybridized carbons (Fsp3) is 0.769. The summed E-state index contributed by atoms with van der Waals surface area (Å²) in [5.41, 5.74) is 1.29. The normalized spacial score (nSPS) is 15.0. The van der Waals surface area contributed by atoms with Crippen molar-refractivity contribution in [3.05, 3.63) is 18.2 Å². The van der Waals surface area contributed by atoms with E-state index in [2.05, 4.69) is 42.6 Å². The number of rotatable bonds is 7. The highest BCUT2D eigenvalue weighted by atomic mass is 15.1. The zero-order valence-electron chi connectivity index (χ0n) is 11.0. The Hall–Kier alpha value is -0.830. The summed E-state index contributed by atoms with van der Waals surface area (Å²) in [6.45, 7) is 11.0. The van der Waals surface area contributed by atoms with Crippen LogP contribution in [0.5, 0.6) is 0 Å². The fourth-order valence-corrected chi connectivity index (χ4v) is 1.76. The van der Waals surface area contributed by atoms with Crippen LogP contribution in [0.3, 0.4) is 0 Å². The van der Waals surface area contributed by atoms with Gasteiger partial charge in [-0.15, -0.1) is 0 Å². The molecule has 2 unspecified atom stereocenters. The minimum Gasteiger partial charge on any atom is -0.333 e. The van der Waals surface area contributed by atoms with Crippen molar-refractivity contribution in [1.82, 2.24) is 14.9 Å². The summed E-state index contributed by atoms with van der Waals surface area (Å²) in [5, 5.41) is 3.57. The average Bonchev–Trinajstić information content (AvgIpc) is 2.73. The van der Waals surface area contributed by atoms with Crippen molar-refractivity contribution in [2.75, 3.05) is 0 Å². The van der Waals surface area contributed by atoms with E-state index in [0.717, 1.165) is 25.4 Å². The van der Waals surface area contributed by atoms with E-state index in [-0.39, 0.29) is 0 Å². The summed E-state index contributed by atoms with van der Waals surface area (Å²) in [6, 6.07) is 0.565. The molecule has 1 N–H and O–H groups in total. The van der Waals surface area contributed by atoms with Crippen LogP contribution in [-0.2, 0) is 13.1 Å². The molecule has 0 saturated carbocycles. The van der Waals surface area contributed by atoms with Crippen LogP contribution in [0, 0.1) is 5.92 Å². The Morgan fingerprint density at radius 1 is 1.38 bits per heavy atom. The number of hydrogen-bond acceptors (Lipinski definition) is 2. The molecule has 1 aromatic heterocycles. The van der Waals surface area contributed by atoms with Gasteiger partial charge in [-0.3, -0.25) is 0 Å². The van der Waals surface area contributed by atoms with Crippen molar-refractivity contribution in [2.45, 2.75) is 59.7 Å². The first kappa shape index (κ1) is 13.2. The SMILES string of the molecule is CCCn1cncc1CNC(C)C(C)CC. The molecule has 1 heterocycles. The topological polar surface area (TPSA) is 29.9 Å². The zero-order chi connectivity index (χ0) is 12.0. The van der Waals surface area contributed by atoms with Gasteiger partial charge in [-0.1, -0.05) is 27.2 Å². The Bertz CT molecular complexity index is 293. The monoisotopic (exact) mass is 223 g/mol. The molecular formula is C13H25N3. The molecule has 92 valence electrons. The molecular weight excluding hydrogens is 198 g/mol. The van der Waals surface area contributed by atoms with E-state index in [4.69, 9.17) is 0 Å². The predicted octanol–water partition coefficient (Wildman–Crippen LogP) is 2.82. The van der Waals surface area contributed by atoms with Crippen molar-refractivity contribution in [3.63, 3.8) is 0 Å². The Morgan fingerprint density at radius 3 is 2.75 bits per heavy atom. The Kier molecular flexibility index (Phi) is 5.53. The summed E-state index contributed by atoms with van der Waals surface area (Å²) >= 11 is 0. The molecule has 1 aromatic rings. The Balaban J connectivity index is 2.44. The second kappa shape index (κ2) is 6.69.